The number of ether oxygens (including phenoxy) is 3. The molecule has 1 aliphatic heterocycles. The number of carbonyl (C=O) groups excluding carboxylic acids is 1. The minimum absolute atomic E-state index is 0.0916. The van der Waals surface area contributed by atoms with E-state index in [0.29, 0.717) is 52.6 Å². The standard InChI is InChI=1S/C26H32N8O4/c1-15(35)29-20-11-17(7-9-27-20)38-18-13-28-24-22(23(18)36-6)33(5)25(31-24)30-21-12-19(26(2,3)4)34(32-21)16-8-10-37-14-16/h7,9,11-13,16H,8,10,14H2,1-6H3,(H,27,29,35)(H,28,30,31,32)/t16-/m1/s1. The zero-order valence-corrected chi connectivity index (χ0v) is 22.4. The Bertz CT molecular complexity index is 1480. The number of anilines is 3. The van der Waals surface area contributed by atoms with Gasteiger partial charge in [-0.1, -0.05) is 20.8 Å². The number of fused-ring (bicyclic) bond motifs is 1. The number of aromatic nitrogens is 6. The van der Waals surface area contributed by atoms with Crippen LogP contribution in [-0.2, 0) is 22.0 Å². The third-order valence-corrected chi connectivity index (χ3v) is 6.28. The van der Waals surface area contributed by atoms with Crippen molar-refractivity contribution in [1.82, 2.24) is 29.3 Å². The fourth-order valence-corrected chi connectivity index (χ4v) is 4.48. The highest BCUT2D eigenvalue weighted by molar-refractivity contribution is 5.88. The summed E-state index contributed by atoms with van der Waals surface area (Å²) in [5.41, 5.74) is 2.18. The Hall–Kier alpha value is -4.19. The third kappa shape index (κ3) is 4.99. The lowest BCUT2D eigenvalue weighted by atomic mass is 9.91. The molecule has 1 fully saturated rings. The second-order valence-corrected chi connectivity index (χ2v) is 10.2. The van der Waals surface area contributed by atoms with Crippen LogP contribution < -0.4 is 20.1 Å². The number of aryl methyl sites for hydroxylation is 1. The Labute approximate surface area is 220 Å². The van der Waals surface area contributed by atoms with Gasteiger partial charge in [-0.2, -0.15) is 10.1 Å². The number of amides is 1. The number of rotatable bonds is 7. The summed E-state index contributed by atoms with van der Waals surface area (Å²) in [7, 11) is 3.44. The van der Waals surface area contributed by atoms with Crippen LogP contribution in [0.4, 0.5) is 17.6 Å². The molecule has 0 aliphatic carbocycles. The molecule has 0 unspecified atom stereocenters. The largest absolute Gasteiger partial charge is 0.491 e. The van der Waals surface area contributed by atoms with Gasteiger partial charge in [0, 0.05) is 50.0 Å². The van der Waals surface area contributed by atoms with Gasteiger partial charge >= 0.3 is 0 Å². The maximum absolute atomic E-state index is 11.4. The molecule has 0 radical (unpaired) electrons. The Morgan fingerprint density at radius 3 is 2.71 bits per heavy atom. The normalized spacial score (nSPS) is 15.6. The molecule has 4 aromatic rings. The summed E-state index contributed by atoms with van der Waals surface area (Å²) in [6.45, 7) is 9.34. The molecule has 1 saturated heterocycles. The van der Waals surface area contributed by atoms with Crippen molar-refractivity contribution in [3.63, 3.8) is 0 Å². The first-order valence-corrected chi connectivity index (χ1v) is 12.4. The maximum Gasteiger partial charge on any atom is 0.222 e. The Morgan fingerprint density at radius 2 is 2.03 bits per heavy atom. The number of pyridine rings is 2. The van der Waals surface area contributed by atoms with Gasteiger partial charge in [0.2, 0.25) is 11.9 Å². The molecule has 2 N–H and O–H groups in total. The lowest BCUT2D eigenvalue weighted by Gasteiger charge is -2.22. The summed E-state index contributed by atoms with van der Waals surface area (Å²) < 4.78 is 21.3. The van der Waals surface area contributed by atoms with Crippen molar-refractivity contribution < 1.29 is 19.0 Å². The van der Waals surface area contributed by atoms with E-state index in [0.717, 1.165) is 18.7 Å². The van der Waals surface area contributed by atoms with Gasteiger partial charge in [-0.3, -0.25) is 9.48 Å². The number of carbonyl (C=O) groups is 1. The predicted molar refractivity (Wildman–Crippen MR) is 142 cm³/mol. The third-order valence-electron chi connectivity index (χ3n) is 6.28. The highest BCUT2D eigenvalue weighted by Gasteiger charge is 2.28. The molecular formula is C26H32N8O4. The summed E-state index contributed by atoms with van der Waals surface area (Å²) >= 11 is 0. The molecule has 200 valence electrons. The zero-order chi connectivity index (χ0) is 27.0. The van der Waals surface area contributed by atoms with E-state index >= 15 is 0 Å². The van der Waals surface area contributed by atoms with E-state index in [1.807, 2.05) is 11.6 Å². The zero-order valence-electron chi connectivity index (χ0n) is 22.4. The van der Waals surface area contributed by atoms with Crippen LogP contribution >= 0.6 is 0 Å². The highest BCUT2D eigenvalue weighted by atomic mass is 16.5. The van der Waals surface area contributed by atoms with E-state index in [2.05, 4.69) is 57.1 Å². The number of hydrogen-bond acceptors (Lipinski definition) is 9. The van der Waals surface area contributed by atoms with Crippen LogP contribution in [0.5, 0.6) is 17.2 Å². The van der Waals surface area contributed by atoms with Crippen molar-refractivity contribution in [1.29, 1.82) is 0 Å². The van der Waals surface area contributed by atoms with Gasteiger partial charge in [0.25, 0.3) is 0 Å². The van der Waals surface area contributed by atoms with Crippen LogP contribution in [0.25, 0.3) is 11.2 Å². The molecule has 5 rings (SSSR count). The first kappa shape index (κ1) is 25.5. The fourth-order valence-electron chi connectivity index (χ4n) is 4.48. The van der Waals surface area contributed by atoms with Crippen LogP contribution in [0.1, 0.15) is 45.9 Å². The second kappa shape index (κ2) is 9.93. The van der Waals surface area contributed by atoms with Gasteiger partial charge in [0.05, 0.1) is 26.0 Å². The average Bonchev–Trinajstić information content (AvgIpc) is 3.59. The van der Waals surface area contributed by atoms with Crippen LogP contribution in [0.2, 0.25) is 0 Å². The number of nitrogens with zero attached hydrogens (tertiary/aromatic N) is 6. The van der Waals surface area contributed by atoms with E-state index in [-0.39, 0.29) is 17.4 Å². The van der Waals surface area contributed by atoms with Crippen LogP contribution in [0.3, 0.4) is 0 Å². The Balaban J connectivity index is 1.47. The predicted octanol–water partition coefficient (Wildman–Crippen LogP) is 4.32. The van der Waals surface area contributed by atoms with Crippen molar-refractivity contribution in [2.75, 3.05) is 31.0 Å². The van der Waals surface area contributed by atoms with E-state index in [4.69, 9.17) is 19.3 Å². The molecule has 4 aromatic heterocycles. The fraction of sp³-hybridized carbons (Fsp3) is 0.423. The maximum atomic E-state index is 11.4. The summed E-state index contributed by atoms with van der Waals surface area (Å²) in [4.78, 5) is 24.7. The SMILES string of the molecule is COc1c(Oc2ccnc(NC(C)=O)c2)cnc2nc(Nc3cc(C(C)(C)C)n([C@@H]4CCOC4)n3)n(C)c12. The number of imidazole rings is 1. The lowest BCUT2D eigenvalue weighted by Crippen LogP contribution is -2.22. The summed E-state index contributed by atoms with van der Waals surface area (Å²) in [5, 5.41) is 10.9. The molecule has 1 aliphatic rings. The summed E-state index contributed by atoms with van der Waals surface area (Å²) in [6.07, 6.45) is 4.04. The van der Waals surface area contributed by atoms with Crippen LogP contribution in [-0.4, -0.2) is 55.5 Å². The van der Waals surface area contributed by atoms with Crippen LogP contribution in [0, 0.1) is 0 Å². The quantitative estimate of drug-likeness (QED) is 0.366. The molecule has 0 aromatic carbocycles. The van der Waals surface area contributed by atoms with Gasteiger partial charge in [0.1, 0.15) is 17.1 Å². The van der Waals surface area contributed by atoms with Gasteiger partial charge < -0.3 is 29.4 Å². The van der Waals surface area contributed by atoms with Crippen molar-refractivity contribution in [3.8, 4) is 17.2 Å². The summed E-state index contributed by atoms with van der Waals surface area (Å²) in [5.74, 6) is 2.76. The topological polar surface area (TPSA) is 130 Å². The summed E-state index contributed by atoms with van der Waals surface area (Å²) in [6, 6.07) is 5.58. The van der Waals surface area contributed by atoms with Crippen molar-refractivity contribution >= 4 is 34.7 Å². The molecule has 1 atom stereocenters. The molecule has 0 bridgehead atoms. The van der Waals surface area contributed by atoms with Crippen molar-refractivity contribution in [3.05, 3.63) is 36.3 Å². The van der Waals surface area contributed by atoms with Crippen molar-refractivity contribution in [2.45, 2.75) is 45.6 Å². The second-order valence-electron chi connectivity index (χ2n) is 10.2. The molecule has 5 heterocycles. The van der Waals surface area contributed by atoms with E-state index in [1.165, 1.54) is 6.92 Å². The molecular weight excluding hydrogens is 488 g/mol. The van der Waals surface area contributed by atoms with E-state index in [9.17, 15) is 4.79 Å². The van der Waals surface area contributed by atoms with Gasteiger partial charge in [-0.05, 0) is 12.5 Å². The monoisotopic (exact) mass is 520 g/mol. The molecule has 38 heavy (non-hydrogen) atoms. The van der Waals surface area contributed by atoms with Gasteiger partial charge in [-0.25, -0.2) is 9.97 Å². The first-order chi connectivity index (χ1) is 18.1. The Morgan fingerprint density at radius 1 is 1.21 bits per heavy atom. The van der Waals surface area contributed by atoms with Gasteiger partial charge in [0.15, 0.2) is 23.0 Å². The number of nitrogens with one attached hydrogen (secondary N) is 2. The molecule has 12 heteroatoms. The Kier molecular flexibility index (Phi) is 6.66. The minimum atomic E-state index is -0.221. The minimum Gasteiger partial charge on any atom is -0.491 e. The highest BCUT2D eigenvalue weighted by Crippen LogP contribution is 2.38. The van der Waals surface area contributed by atoms with E-state index in [1.54, 1.807) is 31.6 Å². The van der Waals surface area contributed by atoms with Crippen molar-refractivity contribution in [2.24, 2.45) is 7.05 Å². The van der Waals surface area contributed by atoms with Crippen LogP contribution in [0.15, 0.2) is 30.6 Å². The number of methoxy groups -OCH3 is 1. The molecule has 12 nitrogen and oxygen atoms in total. The molecule has 0 saturated carbocycles. The molecule has 0 spiro atoms. The smallest absolute Gasteiger partial charge is 0.222 e. The molecule has 1 amide bonds. The first-order valence-electron chi connectivity index (χ1n) is 12.4. The average molecular weight is 521 g/mol. The van der Waals surface area contributed by atoms with E-state index < -0.39 is 0 Å². The van der Waals surface area contributed by atoms with Gasteiger partial charge in [-0.15, -0.1) is 0 Å². The number of hydrogen-bond donors (Lipinski definition) is 2. The lowest BCUT2D eigenvalue weighted by molar-refractivity contribution is -0.114.